The number of nitrogens with one attached hydrogen (secondary N) is 4. The Morgan fingerprint density at radius 2 is 0.747 bits per heavy atom. The molecule has 8 unspecified atom stereocenters. The number of fused-ring (bicyclic) bond motifs is 12. The van der Waals surface area contributed by atoms with E-state index in [1.165, 1.54) is 73.9 Å². The first kappa shape index (κ1) is 105. The normalized spacial score (nSPS) is 19.1. The van der Waals surface area contributed by atoms with Gasteiger partial charge in [0.25, 0.3) is 0 Å². The number of hydrogen-bond acceptors (Lipinski definition) is 19. The van der Waals surface area contributed by atoms with Crippen LogP contribution >= 0.6 is 46.4 Å². The van der Waals surface area contributed by atoms with Gasteiger partial charge in [0, 0.05) is 177 Å². The molecule has 4 aromatic heterocycles. The summed E-state index contributed by atoms with van der Waals surface area (Å²) in [5.41, 5.74) is 17.6. The maximum absolute atomic E-state index is 13.4. The first-order valence-corrected chi connectivity index (χ1v) is 52.3. The van der Waals surface area contributed by atoms with Crippen molar-refractivity contribution in [2.45, 2.75) is 108 Å². The zero-order chi connectivity index (χ0) is 102. The summed E-state index contributed by atoms with van der Waals surface area (Å²) in [5, 5.41) is 17.5. The summed E-state index contributed by atoms with van der Waals surface area (Å²) in [5.74, 6) is 7.22. The molecule has 9 aromatic carbocycles. The average molecular weight is 2060 g/mol. The van der Waals surface area contributed by atoms with Gasteiger partial charge in [-0.2, -0.15) is 0 Å². The molecule has 20 rings (SSSR count). The maximum atomic E-state index is 13.4. The van der Waals surface area contributed by atoms with Crippen molar-refractivity contribution in [2.75, 3.05) is 180 Å². The molecule has 5 N–H and O–H groups in total. The van der Waals surface area contributed by atoms with E-state index < -0.39 is 12.2 Å². The summed E-state index contributed by atoms with van der Waals surface area (Å²) >= 11 is 25.2. The Morgan fingerprint density at radius 1 is 0.418 bits per heavy atom. The number of halogens is 4. The average Bonchev–Trinajstić information content (AvgIpc) is 1.61. The Hall–Kier alpha value is -12.1. The van der Waals surface area contributed by atoms with Gasteiger partial charge < -0.3 is 92.0 Å². The number of H-pyrrole nitrogens is 4. The molecule has 0 bridgehead atoms. The molecule has 0 spiro atoms. The van der Waals surface area contributed by atoms with Crippen molar-refractivity contribution in [3.8, 4) is 35.3 Å². The Kier molecular flexibility index (Phi) is 36.1. The van der Waals surface area contributed by atoms with Crippen molar-refractivity contribution in [2.24, 2.45) is 17.8 Å². The van der Waals surface area contributed by atoms with E-state index in [4.69, 9.17) is 100 Å². The molecular weight excluding hydrogens is 1930 g/mol. The molecule has 31 heteroatoms. The van der Waals surface area contributed by atoms with Gasteiger partial charge in [-0.1, -0.05) is 131 Å². The quantitative estimate of drug-likeness (QED) is 0.0173. The van der Waals surface area contributed by atoms with E-state index in [9.17, 15) is 24.3 Å². The van der Waals surface area contributed by atoms with E-state index in [0.29, 0.717) is 116 Å². The highest BCUT2D eigenvalue weighted by Crippen LogP contribution is 2.46. The van der Waals surface area contributed by atoms with Crippen LogP contribution in [0.3, 0.4) is 0 Å². The van der Waals surface area contributed by atoms with Gasteiger partial charge in [-0.3, -0.25) is 19.6 Å². The minimum absolute atomic E-state index is 0.0552. The first-order chi connectivity index (χ1) is 71.0. The van der Waals surface area contributed by atoms with Crippen molar-refractivity contribution < 1.29 is 71.7 Å². The smallest absolute Gasteiger partial charge is 0.411 e. The van der Waals surface area contributed by atoms with Crippen molar-refractivity contribution in [1.29, 1.82) is 0 Å². The van der Waals surface area contributed by atoms with Crippen LogP contribution in [0.5, 0.6) is 23.0 Å². The number of methoxy groups -OCH3 is 2. The number of piperidine rings is 3. The van der Waals surface area contributed by atoms with Gasteiger partial charge in [0.15, 0.2) is 6.61 Å². The zero-order valence-corrected chi connectivity index (χ0v) is 87.2. The number of rotatable bonds is 28. The number of ether oxygens (including phenoxy) is 10. The predicted molar refractivity (Wildman–Crippen MR) is 573 cm³/mol. The van der Waals surface area contributed by atoms with Crippen molar-refractivity contribution in [3.63, 3.8) is 0 Å². The Morgan fingerprint density at radius 3 is 1.08 bits per heavy atom. The van der Waals surface area contributed by atoms with Crippen LogP contribution in [-0.2, 0) is 60.7 Å². The standard InChI is InChI=1S/C32H34ClN3O3.C28H34ClN3O4.C28H30ClN3O3.C27H34ClN3O5/c1-35-16-5-8-23(19-35)21-38-26-12-9-24(10-13-26)31-30-27(28-18-25(33)11-14-29(28)34-30)15-17-36(31)32(37)39-20-22-6-3-2-4-7-22;1-31-12-3-4-19(17-31)18-36-22-8-5-20(6-9-22)27-26-23(24-16-21(29)7-10-25(24)30-26)11-13-32(27)28(33)35-15-14-34-2;1-3-15-34-28(33)32-14-12-23-24-16-21(29)8-11-25(24)30-26(23)27(32)20-6-9-22(10-7-20)35-18-19-5-4-13-31(2)17-19;1-4-35-27(33)31-12-11-22-23-15-19(28)7-10-24(23)29-25(22)26(31)18-5-8-21(9-6-18)36-17-20(32)16-30(2)13-14-34-3/h2-4,6-7,9-14,18,23,31,34H,5,8,15-17,19-21H2,1H3;5-10,16,19,27,30H,3-4,11-15,17-18H2,1-2H3;1,6-11,16,19,27,30H,4-5,12-15,17-18H2,2H3;5-10,15,20,26,29,32H,4,11-14,16-17H2,1-3H3. The molecule has 3 saturated heterocycles. The highest BCUT2D eigenvalue weighted by Gasteiger charge is 2.42. The number of nitrogens with zero attached hydrogens (tertiary/aromatic N) is 8. The number of likely N-dealkylation sites (tertiary alicyclic amines) is 3. The van der Waals surface area contributed by atoms with E-state index in [1.807, 2.05) is 200 Å². The van der Waals surface area contributed by atoms with E-state index in [1.54, 1.807) is 28.9 Å². The van der Waals surface area contributed by atoms with Crippen LogP contribution in [0.4, 0.5) is 19.2 Å². The first-order valence-electron chi connectivity index (χ1n) is 50.7. The topological polar surface area (TPSA) is 270 Å². The SMILES string of the molecule is C#CCOC(=O)N1CCc2c([nH]c3ccc(Cl)cc23)C1c1ccc(OCC2CCCN(C)C2)cc1.CCOC(=O)N1CCc2c([nH]c3ccc(Cl)cc23)C1c1ccc(OCC(O)CN(C)CCOC)cc1.CN1CCCC(COc2ccc(C3c4[nH]c5ccc(Cl)cc5c4CCN3C(=O)OCc3ccccc3)cc2)C1.COCCOC(=O)N1CCc2c([nH]c3ccc(Cl)cc23)C1c1ccc(OCC2CCCN(C)C2)cc1. The fraction of sp³-hybridized carbons (Fsp3) is 0.409. The van der Waals surface area contributed by atoms with Crippen LogP contribution < -0.4 is 18.9 Å². The summed E-state index contributed by atoms with van der Waals surface area (Å²) in [6.07, 6.45) is 13.4. The number of amides is 4. The number of likely N-dealkylation sites (N-methyl/N-ethyl adjacent to an activating group) is 1. The molecule has 13 aromatic rings. The second kappa shape index (κ2) is 50.0. The molecule has 0 saturated carbocycles. The van der Waals surface area contributed by atoms with Gasteiger partial charge in [0.05, 0.1) is 39.6 Å². The number of aromatic amines is 4. The lowest BCUT2D eigenvalue weighted by molar-refractivity contribution is 0.0629. The van der Waals surface area contributed by atoms with Crippen LogP contribution in [0.2, 0.25) is 20.1 Å². The minimum Gasteiger partial charge on any atom is -0.493 e. The van der Waals surface area contributed by atoms with Gasteiger partial charge in [-0.25, -0.2) is 19.2 Å². The maximum Gasteiger partial charge on any atom is 0.411 e. The monoisotopic (exact) mass is 2060 g/mol. The summed E-state index contributed by atoms with van der Waals surface area (Å²) in [4.78, 5) is 82.8. The van der Waals surface area contributed by atoms with Gasteiger partial charge in [0.2, 0.25) is 0 Å². The highest BCUT2D eigenvalue weighted by atomic mass is 35.5. The van der Waals surface area contributed by atoms with Crippen LogP contribution in [0.1, 0.15) is 142 Å². The molecule has 27 nitrogen and oxygen atoms in total. The van der Waals surface area contributed by atoms with E-state index in [-0.39, 0.29) is 68.9 Å². The third-order valence-electron chi connectivity index (χ3n) is 28.6. The molecule has 770 valence electrons. The Labute approximate surface area is 874 Å². The fourth-order valence-electron chi connectivity index (χ4n) is 21.5. The number of terminal acetylenes is 1. The van der Waals surface area contributed by atoms with Gasteiger partial charge in [-0.15, -0.1) is 6.42 Å². The summed E-state index contributed by atoms with van der Waals surface area (Å²) in [6.45, 7) is 15.9. The third kappa shape index (κ3) is 26.0. The number of carbonyl (C=O) groups excluding carboxylic acids is 4. The summed E-state index contributed by atoms with van der Waals surface area (Å²) in [7, 11) is 11.7. The minimum atomic E-state index is -0.620. The molecule has 146 heavy (non-hydrogen) atoms. The second-order valence-corrected chi connectivity index (χ2v) is 40.8. The van der Waals surface area contributed by atoms with Gasteiger partial charge >= 0.3 is 24.4 Å². The third-order valence-corrected chi connectivity index (χ3v) is 29.5. The molecule has 3 fully saturated rings. The number of benzene rings is 9. The van der Waals surface area contributed by atoms with Crippen molar-refractivity contribution >= 4 is 114 Å². The molecule has 0 aliphatic carbocycles. The van der Waals surface area contributed by atoms with Crippen molar-refractivity contribution in [1.82, 2.24) is 59.1 Å². The van der Waals surface area contributed by atoms with Crippen LogP contribution in [-0.4, -0.2) is 275 Å². The molecule has 0 radical (unpaired) electrons. The Balaban J connectivity index is 0.000000133. The number of aliphatic hydroxyl groups is 1. The van der Waals surface area contributed by atoms with E-state index >= 15 is 0 Å². The molecule has 7 aliphatic rings. The molecule has 8 atom stereocenters. The summed E-state index contributed by atoms with van der Waals surface area (Å²) in [6, 6.07) is 63.9. The lowest BCUT2D eigenvalue weighted by atomic mass is 9.92. The molecule has 4 amide bonds. The second-order valence-electron chi connectivity index (χ2n) is 39.1. The largest absolute Gasteiger partial charge is 0.493 e. The zero-order valence-electron chi connectivity index (χ0n) is 84.1. The van der Waals surface area contributed by atoms with E-state index in [0.717, 1.165) is 170 Å². The molecule has 7 aliphatic heterocycles. The van der Waals surface area contributed by atoms with Gasteiger partial charge in [-0.05, 0) is 290 Å². The number of aromatic nitrogens is 4. The number of carbonyl (C=O) groups is 4. The number of hydrogen-bond donors (Lipinski definition) is 5. The van der Waals surface area contributed by atoms with E-state index in [2.05, 4.69) is 86.0 Å². The number of aliphatic hydroxyl groups excluding tert-OH is 1. The van der Waals surface area contributed by atoms with Crippen LogP contribution in [0.15, 0.2) is 200 Å². The highest BCUT2D eigenvalue weighted by molar-refractivity contribution is 6.32. The predicted octanol–water partition coefficient (Wildman–Crippen LogP) is 21.6. The lowest BCUT2D eigenvalue weighted by Crippen LogP contribution is -2.41. The molecular formula is C115H132Cl4N12O15. The lowest BCUT2D eigenvalue weighted by Gasteiger charge is -2.35. The molecule has 11 heterocycles. The van der Waals surface area contributed by atoms with Crippen LogP contribution in [0.25, 0.3) is 43.6 Å². The Bertz CT molecular complexity index is 6620. The fourth-order valence-corrected chi connectivity index (χ4v) is 22.2. The van der Waals surface area contributed by atoms with Gasteiger partial charge in [0.1, 0.15) is 73.1 Å². The summed E-state index contributed by atoms with van der Waals surface area (Å²) < 4.78 is 56.4. The van der Waals surface area contributed by atoms with Crippen molar-refractivity contribution in [3.05, 3.63) is 293 Å². The van der Waals surface area contributed by atoms with Crippen LogP contribution in [0, 0.1) is 30.1 Å².